The molecule has 0 saturated carbocycles. The van der Waals surface area contributed by atoms with Gasteiger partial charge in [-0.25, -0.2) is 0 Å². The Balaban J connectivity index is 2.22. The lowest BCUT2D eigenvalue weighted by atomic mass is 10.1. The number of nitrogens with zero attached hydrogens (tertiary/aromatic N) is 2. The van der Waals surface area contributed by atoms with Crippen LogP contribution in [-0.4, -0.2) is 10.9 Å². The standard InChI is InChI=1S/C14H15N2/c1-11-5-3-7-13-14-8-4-6-12(2)16(14)10-9-15(11)13/h3-11H,1-2H3/q+1. The summed E-state index contributed by atoms with van der Waals surface area (Å²) in [6.07, 6.45) is 10.8. The van der Waals surface area contributed by atoms with Crippen molar-refractivity contribution in [3.8, 4) is 0 Å². The molecule has 1 unspecified atom stereocenters. The van der Waals surface area contributed by atoms with Gasteiger partial charge in [0.25, 0.3) is 0 Å². The third kappa shape index (κ3) is 1.23. The Kier molecular flexibility index (Phi) is 1.96. The van der Waals surface area contributed by atoms with Gasteiger partial charge in [-0.05, 0) is 19.1 Å². The minimum absolute atomic E-state index is 0.436. The van der Waals surface area contributed by atoms with Crippen molar-refractivity contribution in [1.82, 2.24) is 4.90 Å². The number of aromatic nitrogens is 1. The molecule has 1 atom stereocenters. The maximum atomic E-state index is 2.30. The van der Waals surface area contributed by atoms with Gasteiger partial charge in [0, 0.05) is 25.1 Å². The van der Waals surface area contributed by atoms with Gasteiger partial charge in [-0.2, -0.15) is 4.57 Å². The quantitative estimate of drug-likeness (QED) is 0.597. The van der Waals surface area contributed by atoms with Crippen molar-refractivity contribution in [3.63, 3.8) is 0 Å². The highest BCUT2D eigenvalue weighted by molar-refractivity contribution is 5.66. The van der Waals surface area contributed by atoms with E-state index in [0.29, 0.717) is 6.04 Å². The van der Waals surface area contributed by atoms with E-state index in [4.69, 9.17) is 0 Å². The van der Waals surface area contributed by atoms with Crippen LogP contribution < -0.4 is 4.57 Å². The molecule has 16 heavy (non-hydrogen) atoms. The summed E-state index contributed by atoms with van der Waals surface area (Å²) < 4.78 is 2.23. The highest BCUT2D eigenvalue weighted by atomic mass is 15.2. The number of fused-ring (bicyclic) bond motifs is 3. The molecule has 1 aromatic heterocycles. The summed E-state index contributed by atoms with van der Waals surface area (Å²) in [5, 5.41) is 0. The van der Waals surface area contributed by atoms with E-state index in [-0.39, 0.29) is 0 Å². The Hall–Kier alpha value is -1.83. The van der Waals surface area contributed by atoms with E-state index in [0.717, 1.165) is 0 Å². The van der Waals surface area contributed by atoms with Crippen molar-refractivity contribution in [2.45, 2.75) is 19.9 Å². The van der Waals surface area contributed by atoms with Crippen LogP contribution in [0.1, 0.15) is 18.3 Å². The van der Waals surface area contributed by atoms with Gasteiger partial charge in [-0.15, -0.1) is 0 Å². The third-order valence-electron chi connectivity index (χ3n) is 3.23. The normalized spacial score (nSPS) is 21.5. The molecule has 3 heterocycles. The van der Waals surface area contributed by atoms with Gasteiger partial charge in [0.2, 0.25) is 5.69 Å². The number of aryl methyl sites for hydroxylation is 1. The average molecular weight is 211 g/mol. The summed E-state index contributed by atoms with van der Waals surface area (Å²) in [6.45, 7) is 4.34. The van der Waals surface area contributed by atoms with Crippen LogP contribution in [-0.2, 0) is 0 Å². The Bertz CT molecular complexity index is 524. The minimum Gasteiger partial charge on any atom is -0.330 e. The lowest BCUT2D eigenvalue weighted by molar-refractivity contribution is -0.581. The molecule has 0 spiro atoms. The molecule has 2 aliphatic heterocycles. The number of rotatable bonds is 0. The van der Waals surface area contributed by atoms with Crippen LogP contribution in [0.4, 0.5) is 0 Å². The van der Waals surface area contributed by atoms with E-state index in [9.17, 15) is 0 Å². The SMILES string of the molecule is Cc1cccc2[n+]1C=CN1C2=CC=CC1C. The predicted octanol–water partition coefficient (Wildman–Crippen LogP) is 2.33. The average Bonchev–Trinajstić information content (AvgIpc) is 2.30. The topological polar surface area (TPSA) is 7.12 Å². The Labute approximate surface area is 95.8 Å². The molecule has 2 aliphatic rings. The Morgan fingerprint density at radius 2 is 2.19 bits per heavy atom. The van der Waals surface area contributed by atoms with Crippen LogP contribution in [0, 0.1) is 6.92 Å². The van der Waals surface area contributed by atoms with Gasteiger partial charge in [-0.1, -0.05) is 12.2 Å². The van der Waals surface area contributed by atoms with Gasteiger partial charge in [0.05, 0.1) is 6.20 Å². The van der Waals surface area contributed by atoms with Crippen molar-refractivity contribution in [2.24, 2.45) is 0 Å². The molecule has 80 valence electrons. The Morgan fingerprint density at radius 3 is 3.06 bits per heavy atom. The van der Waals surface area contributed by atoms with E-state index in [1.165, 1.54) is 17.1 Å². The number of hydrogen-bond acceptors (Lipinski definition) is 1. The third-order valence-corrected chi connectivity index (χ3v) is 3.23. The molecule has 0 N–H and O–H groups in total. The Morgan fingerprint density at radius 1 is 1.31 bits per heavy atom. The molecule has 0 fully saturated rings. The van der Waals surface area contributed by atoms with Gasteiger partial charge in [0.1, 0.15) is 5.70 Å². The molecule has 0 radical (unpaired) electrons. The van der Waals surface area contributed by atoms with Crippen molar-refractivity contribution in [3.05, 3.63) is 54.0 Å². The van der Waals surface area contributed by atoms with Crippen molar-refractivity contribution in [1.29, 1.82) is 0 Å². The molecule has 0 saturated heterocycles. The maximum absolute atomic E-state index is 2.30. The highest BCUT2D eigenvalue weighted by Crippen LogP contribution is 2.26. The largest absolute Gasteiger partial charge is 0.330 e. The van der Waals surface area contributed by atoms with Crippen LogP contribution in [0.25, 0.3) is 11.9 Å². The summed E-state index contributed by atoms with van der Waals surface area (Å²) in [4.78, 5) is 2.30. The molecule has 0 bridgehead atoms. The van der Waals surface area contributed by atoms with Crippen LogP contribution in [0.3, 0.4) is 0 Å². The molecule has 0 amide bonds. The van der Waals surface area contributed by atoms with E-state index >= 15 is 0 Å². The van der Waals surface area contributed by atoms with E-state index in [1.54, 1.807) is 0 Å². The molecular weight excluding hydrogens is 196 g/mol. The van der Waals surface area contributed by atoms with Crippen LogP contribution in [0.2, 0.25) is 0 Å². The summed E-state index contributed by atoms with van der Waals surface area (Å²) in [7, 11) is 0. The molecular formula is C14H15N2+. The first-order valence-corrected chi connectivity index (χ1v) is 5.64. The molecule has 3 rings (SSSR count). The van der Waals surface area contributed by atoms with Crippen molar-refractivity contribution in [2.75, 3.05) is 0 Å². The van der Waals surface area contributed by atoms with E-state index in [1.807, 2.05) is 0 Å². The fourth-order valence-electron chi connectivity index (χ4n) is 2.31. The first-order valence-electron chi connectivity index (χ1n) is 5.64. The first-order chi connectivity index (χ1) is 7.77. The second-order valence-corrected chi connectivity index (χ2v) is 4.31. The monoisotopic (exact) mass is 211 g/mol. The first kappa shape index (κ1) is 9.40. The molecule has 0 aromatic carbocycles. The van der Waals surface area contributed by atoms with Crippen LogP contribution >= 0.6 is 0 Å². The maximum Gasteiger partial charge on any atom is 0.234 e. The van der Waals surface area contributed by atoms with Gasteiger partial charge in [-0.3, -0.25) is 0 Å². The fraction of sp³-hybridized carbons (Fsp3) is 0.214. The zero-order valence-corrected chi connectivity index (χ0v) is 9.59. The summed E-state index contributed by atoms with van der Waals surface area (Å²) in [5.74, 6) is 0. The van der Waals surface area contributed by atoms with Gasteiger partial charge < -0.3 is 4.90 Å². The zero-order valence-electron chi connectivity index (χ0n) is 9.59. The number of hydrogen-bond donors (Lipinski definition) is 0. The van der Waals surface area contributed by atoms with Crippen LogP contribution in [0.15, 0.2) is 42.6 Å². The van der Waals surface area contributed by atoms with Gasteiger partial charge >= 0.3 is 0 Å². The molecule has 1 aromatic rings. The second-order valence-electron chi connectivity index (χ2n) is 4.31. The summed E-state index contributed by atoms with van der Waals surface area (Å²) >= 11 is 0. The predicted molar refractivity (Wildman–Crippen MR) is 65.1 cm³/mol. The van der Waals surface area contributed by atoms with E-state index in [2.05, 4.69) is 72.1 Å². The van der Waals surface area contributed by atoms with Crippen molar-refractivity contribution < 1.29 is 4.57 Å². The zero-order chi connectivity index (χ0) is 11.1. The smallest absolute Gasteiger partial charge is 0.234 e. The molecule has 2 heteroatoms. The summed E-state index contributed by atoms with van der Waals surface area (Å²) in [6, 6.07) is 6.85. The van der Waals surface area contributed by atoms with Crippen LogP contribution in [0.5, 0.6) is 0 Å². The highest BCUT2D eigenvalue weighted by Gasteiger charge is 2.27. The lowest BCUT2D eigenvalue weighted by Gasteiger charge is -2.30. The van der Waals surface area contributed by atoms with Gasteiger partial charge in [0.15, 0.2) is 11.9 Å². The number of allylic oxidation sites excluding steroid dienone is 2. The van der Waals surface area contributed by atoms with Crippen molar-refractivity contribution >= 4 is 11.9 Å². The van der Waals surface area contributed by atoms with E-state index < -0.39 is 0 Å². The summed E-state index contributed by atoms with van der Waals surface area (Å²) in [5.41, 5.74) is 3.80. The molecule has 2 nitrogen and oxygen atoms in total. The molecule has 0 aliphatic carbocycles. The fourth-order valence-corrected chi connectivity index (χ4v) is 2.31. The second kappa shape index (κ2) is 3.34. The number of pyridine rings is 1. The minimum atomic E-state index is 0.436. The lowest BCUT2D eigenvalue weighted by Crippen LogP contribution is -2.43.